The molecule has 7 nitrogen and oxygen atoms in total. The van der Waals surface area contributed by atoms with Crippen LogP contribution in [0.5, 0.6) is 5.75 Å². The quantitative estimate of drug-likeness (QED) is 0.647. The Morgan fingerprint density at radius 1 is 1.19 bits per heavy atom. The molecule has 3 rings (SSSR count). The molecule has 0 unspecified atom stereocenters. The second-order valence-electron chi connectivity index (χ2n) is 5.42. The van der Waals surface area contributed by atoms with Crippen LogP contribution in [0.3, 0.4) is 0 Å². The molecule has 0 aliphatic heterocycles. The first-order valence-corrected chi connectivity index (χ1v) is 9.43. The Hall–Kier alpha value is -2.78. The van der Waals surface area contributed by atoms with Gasteiger partial charge in [-0.2, -0.15) is 0 Å². The van der Waals surface area contributed by atoms with Crippen molar-refractivity contribution in [3.8, 4) is 5.75 Å². The van der Waals surface area contributed by atoms with Crippen LogP contribution in [0.15, 0.2) is 35.0 Å². The number of amides is 2. The van der Waals surface area contributed by atoms with E-state index in [1.807, 2.05) is 12.3 Å². The molecule has 0 bridgehead atoms. The molecule has 134 valence electrons. The average Bonchev–Trinajstić information content (AvgIpc) is 3.21. The van der Waals surface area contributed by atoms with Crippen molar-refractivity contribution in [2.75, 3.05) is 5.32 Å². The lowest BCUT2D eigenvalue weighted by atomic mass is 10.2. The fourth-order valence-corrected chi connectivity index (χ4v) is 3.45. The van der Waals surface area contributed by atoms with E-state index in [9.17, 15) is 9.59 Å². The Morgan fingerprint density at radius 2 is 2.00 bits per heavy atom. The Labute approximate surface area is 157 Å². The van der Waals surface area contributed by atoms with Gasteiger partial charge < -0.3 is 10.5 Å². The zero-order valence-corrected chi connectivity index (χ0v) is 15.5. The lowest BCUT2D eigenvalue weighted by Gasteiger charge is -2.07. The van der Waals surface area contributed by atoms with Gasteiger partial charge in [0.1, 0.15) is 12.4 Å². The van der Waals surface area contributed by atoms with Crippen LogP contribution in [0, 0.1) is 6.92 Å². The van der Waals surface area contributed by atoms with Crippen molar-refractivity contribution < 1.29 is 14.3 Å². The summed E-state index contributed by atoms with van der Waals surface area (Å²) < 4.78 is 5.69. The first-order valence-electron chi connectivity index (χ1n) is 7.67. The number of nitrogens with two attached hydrogens (primary N) is 1. The highest BCUT2D eigenvalue weighted by Gasteiger charge is 2.11. The molecule has 3 aromatic rings. The van der Waals surface area contributed by atoms with Crippen molar-refractivity contribution in [2.45, 2.75) is 20.0 Å². The van der Waals surface area contributed by atoms with E-state index in [-0.39, 0.29) is 12.3 Å². The number of ether oxygens (including phenoxy) is 1. The molecule has 0 saturated heterocycles. The molecule has 0 spiro atoms. The van der Waals surface area contributed by atoms with E-state index in [2.05, 4.69) is 15.3 Å². The van der Waals surface area contributed by atoms with Crippen LogP contribution in [0.25, 0.3) is 0 Å². The number of primary amides is 1. The summed E-state index contributed by atoms with van der Waals surface area (Å²) in [5.41, 5.74) is 6.97. The van der Waals surface area contributed by atoms with Gasteiger partial charge in [-0.15, -0.1) is 22.7 Å². The van der Waals surface area contributed by atoms with Gasteiger partial charge in [0.05, 0.1) is 22.8 Å². The SMILES string of the molecule is Cc1nc(COc2cccc(C(=O)Nc3nc(CC(N)=O)cs3)c2)cs1. The van der Waals surface area contributed by atoms with Gasteiger partial charge in [-0.1, -0.05) is 6.07 Å². The van der Waals surface area contributed by atoms with E-state index in [4.69, 9.17) is 10.5 Å². The Kier molecular flexibility index (Phi) is 5.59. The van der Waals surface area contributed by atoms with Crippen LogP contribution < -0.4 is 15.8 Å². The molecule has 26 heavy (non-hydrogen) atoms. The number of carbonyl (C=O) groups excluding carboxylic acids is 2. The summed E-state index contributed by atoms with van der Waals surface area (Å²) in [7, 11) is 0. The average molecular weight is 388 g/mol. The number of nitrogens with zero attached hydrogens (tertiary/aromatic N) is 2. The minimum Gasteiger partial charge on any atom is -0.487 e. The molecule has 2 amide bonds. The van der Waals surface area contributed by atoms with Crippen molar-refractivity contribution in [1.82, 2.24) is 9.97 Å². The van der Waals surface area contributed by atoms with Gasteiger partial charge in [-0.3, -0.25) is 14.9 Å². The molecule has 0 fully saturated rings. The standard InChI is InChI=1S/C17H16N4O3S2/c1-10-19-13(9-25-10)7-24-14-4-2-3-11(5-14)16(23)21-17-20-12(8-26-17)6-15(18)22/h2-5,8-9H,6-7H2,1H3,(H2,18,22)(H,20,21,23). The third-order valence-electron chi connectivity index (χ3n) is 3.28. The lowest BCUT2D eigenvalue weighted by Crippen LogP contribution is -2.14. The summed E-state index contributed by atoms with van der Waals surface area (Å²) in [6.07, 6.45) is 0.0474. The Bertz CT molecular complexity index is 935. The molecule has 2 aromatic heterocycles. The third-order valence-corrected chi connectivity index (χ3v) is 4.91. The predicted molar refractivity (Wildman–Crippen MR) is 101 cm³/mol. The number of rotatable bonds is 7. The lowest BCUT2D eigenvalue weighted by molar-refractivity contribution is -0.117. The summed E-state index contributed by atoms with van der Waals surface area (Å²) in [5.74, 6) is -0.190. The largest absolute Gasteiger partial charge is 0.487 e. The first-order chi connectivity index (χ1) is 12.5. The van der Waals surface area contributed by atoms with Crippen LogP contribution in [0.2, 0.25) is 0 Å². The molecular formula is C17H16N4O3S2. The van der Waals surface area contributed by atoms with Gasteiger partial charge in [0.25, 0.3) is 5.91 Å². The number of nitrogens with one attached hydrogen (secondary N) is 1. The number of hydrogen-bond donors (Lipinski definition) is 2. The highest BCUT2D eigenvalue weighted by atomic mass is 32.1. The van der Waals surface area contributed by atoms with Crippen molar-refractivity contribution in [2.24, 2.45) is 5.73 Å². The van der Waals surface area contributed by atoms with E-state index in [1.165, 1.54) is 11.3 Å². The maximum Gasteiger partial charge on any atom is 0.257 e. The number of aryl methyl sites for hydroxylation is 1. The number of thiazole rings is 2. The van der Waals surface area contributed by atoms with Crippen LogP contribution in [-0.4, -0.2) is 21.8 Å². The molecule has 3 N–H and O–H groups in total. The molecule has 0 aliphatic carbocycles. The highest BCUT2D eigenvalue weighted by Crippen LogP contribution is 2.19. The van der Waals surface area contributed by atoms with E-state index < -0.39 is 5.91 Å². The van der Waals surface area contributed by atoms with Crippen molar-refractivity contribution in [3.05, 3.63) is 57.0 Å². The molecular weight excluding hydrogens is 372 g/mol. The van der Waals surface area contributed by atoms with Gasteiger partial charge in [0.15, 0.2) is 5.13 Å². The third kappa shape index (κ3) is 4.87. The number of carbonyl (C=O) groups is 2. The van der Waals surface area contributed by atoms with Gasteiger partial charge in [-0.05, 0) is 25.1 Å². The van der Waals surface area contributed by atoms with Gasteiger partial charge >= 0.3 is 0 Å². The van der Waals surface area contributed by atoms with Gasteiger partial charge in [0.2, 0.25) is 5.91 Å². The summed E-state index contributed by atoms with van der Waals surface area (Å²) in [6, 6.07) is 6.88. The van der Waals surface area contributed by atoms with E-state index in [0.717, 1.165) is 10.7 Å². The summed E-state index contributed by atoms with van der Waals surface area (Å²) in [6.45, 7) is 2.28. The van der Waals surface area contributed by atoms with Crippen molar-refractivity contribution in [3.63, 3.8) is 0 Å². The van der Waals surface area contributed by atoms with Crippen LogP contribution in [0.1, 0.15) is 26.8 Å². The minimum atomic E-state index is -0.465. The Morgan fingerprint density at radius 3 is 2.73 bits per heavy atom. The fraction of sp³-hybridized carbons (Fsp3) is 0.176. The van der Waals surface area contributed by atoms with Crippen LogP contribution in [0.4, 0.5) is 5.13 Å². The van der Waals surface area contributed by atoms with E-state index in [0.29, 0.717) is 28.7 Å². The second kappa shape index (κ2) is 8.07. The molecule has 9 heteroatoms. The first kappa shape index (κ1) is 18.0. The fourth-order valence-electron chi connectivity index (χ4n) is 2.15. The maximum absolute atomic E-state index is 12.4. The van der Waals surface area contributed by atoms with Gasteiger partial charge in [-0.25, -0.2) is 9.97 Å². The second-order valence-corrected chi connectivity index (χ2v) is 7.34. The number of aromatic nitrogens is 2. The highest BCUT2D eigenvalue weighted by molar-refractivity contribution is 7.14. The zero-order chi connectivity index (χ0) is 18.5. The van der Waals surface area contributed by atoms with Crippen molar-refractivity contribution >= 4 is 39.6 Å². The molecule has 0 atom stereocenters. The van der Waals surface area contributed by atoms with Crippen molar-refractivity contribution in [1.29, 1.82) is 0 Å². The summed E-state index contributed by atoms with van der Waals surface area (Å²) >= 11 is 2.80. The zero-order valence-electron chi connectivity index (χ0n) is 13.9. The van der Waals surface area contributed by atoms with E-state index >= 15 is 0 Å². The molecule has 0 saturated carbocycles. The normalized spacial score (nSPS) is 10.5. The number of hydrogen-bond acceptors (Lipinski definition) is 7. The maximum atomic E-state index is 12.4. The predicted octanol–water partition coefficient (Wildman–Crippen LogP) is 2.77. The van der Waals surface area contributed by atoms with Crippen LogP contribution >= 0.6 is 22.7 Å². The molecule has 0 aliphatic rings. The molecule has 1 aromatic carbocycles. The van der Waals surface area contributed by atoms with Crippen LogP contribution in [-0.2, 0) is 17.8 Å². The molecule has 0 radical (unpaired) electrons. The summed E-state index contributed by atoms with van der Waals surface area (Å²) in [4.78, 5) is 31.8. The van der Waals surface area contributed by atoms with E-state index in [1.54, 1.807) is 41.0 Å². The number of benzene rings is 1. The topological polar surface area (TPSA) is 107 Å². The monoisotopic (exact) mass is 388 g/mol. The van der Waals surface area contributed by atoms with Gasteiger partial charge in [0, 0.05) is 16.3 Å². The Balaban J connectivity index is 1.62. The number of anilines is 1. The summed E-state index contributed by atoms with van der Waals surface area (Å²) in [5, 5.41) is 7.73. The minimum absolute atomic E-state index is 0.0474. The smallest absolute Gasteiger partial charge is 0.257 e. The molecule has 2 heterocycles.